The molecule has 1 aromatic carbocycles. The molecule has 0 saturated carbocycles. The molecule has 0 spiro atoms. The first-order valence-electron chi connectivity index (χ1n) is 8.03. The number of ether oxygens (including phenoxy) is 1. The summed E-state index contributed by atoms with van der Waals surface area (Å²) in [5.74, 6) is 0.0971. The maximum absolute atomic E-state index is 12.3. The summed E-state index contributed by atoms with van der Waals surface area (Å²) < 4.78 is 41.9. The maximum Gasteiger partial charge on any atom is 0.422 e. The van der Waals surface area contributed by atoms with Crippen LogP contribution in [0.2, 0.25) is 0 Å². The van der Waals surface area contributed by atoms with Gasteiger partial charge in [-0.1, -0.05) is 12.1 Å². The second kappa shape index (κ2) is 7.61. The zero-order chi connectivity index (χ0) is 18.8. The molecule has 25 heavy (non-hydrogen) atoms. The first-order chi connectivity index (χ1) is 11.6. The number of rotatable bonds is 5. The number of β-amino-alcohol motifs (C(OH)–C–C–N with tert-alkyl or cyclic N) is 1. The normalized spacial score (nSPS) is 20.6. The molecule has 140 valence electrons. The van der Waals surface area contributed by atoms with E-state index in [9.17, 15) is 23.1 Å². The number of aliphatic hydroxyl groups excluding tert-OH is 1. The molecule has 0 radical (unpaired) electrons. The molecular formula is C17H23F3N2O3. The summed E-state index contributed by atoms with van der Waals surface area (Å²) in [7, 11) is 1.66. The molecule has 1 amide bonds. The lowest BCUT2D eigenvalue weighted by Crippen LogP contribution is -2.41. The number of aryl methyl sites for hydroxylation is 2. The number of amides is 1. The number of likely N-dealkylation sites (N-methyl/N-ethyl adjacent to an activating group) is 1. The van der Waals surface area contributed by atoms with E-state index in [-0.39, 0.29) is 11.7 Å². The van der Waals surface area contributed by atoms with E-state index in [4.69, 9.17) is 4.74 Å². The van der Waals surface area contributed by atoms with Gasteiger partial charge in [-0.15, -0.1) is 0 Å². The van der Waals surface area contributed by atoms with Crippen LogP contribution in [0, 0.1) is 13.8 Å². The predicted molar refractivity (Wildman–Crippen MR) is 86.4 cm³/mol. The molecule has 1 saturated heterocycles. The summed E-state index contributed by atoms with van der Waals surface area (Å²) in [5.41, 5.74) is 1.99. The third-order valence-electron chi connectivity index (χ3n) is 4.10. The Hall–Kier alpha value is -1.80. The highest BCUT2D eigenvalue weighted by molar-refractivity contribution is 5.82. The Bertz CT molecular complexity index is 611. The fraction of sp³-hybridized carbons (Fsp3) is 0.588. The van der Waals surface area contributed by atoms with Gasteiger partial charge in [-0.3, -0.25) is 4.79 Å². The topological polar surface area (TPSA) is 61.8 Å². The van der Waals surface area contributed by atoms with Gasteiger partial charge in [0, 0.05) is 20.1 Å². The minimum Gasteiger partial charge on any atom is -0.484 e. The van der Waals surface area contributed by atoms with Gasteiger partial charge in [-0.25, -0.2) is 0 Å². The number of hydrogen-bond donors (Lipinski definition) is 2. The van der Waals surface area contributed by atoms with Crippen LogP contribution in [-0.4, -0.2) is 54.4 Å². The summed E-state index contributed by atoms with van der Waals surface area (Å²) in [6, 6.07) is 3.04. The Balaban J connectivity index is 2.04. The van der Waals surface area contributed by atoms with Crippen LogP contribution >= 0.6 is 0 Å². The van der Waals surface area contributed by atoms with Gasteiger partial charge in [0.15, 0.2) is 6.61 Å². The largest absolute Gasteiger partial charge is 0.484 e. The Morgan fingerprint density at radius 1 is 1.36 bits per heavy atom. The highest BCUT2D eigenvalue weighted by atomic mass is 19.4. The highest BCUT2D eigenvalue weighted by Crippen LogP contribution is 2.27. The molecule has 0 unspecified atom stereocenters. The zero-order valence-electron chi connectivity index (χ0n) is 14.5. The molecule has 1 aromatic rings. The summed E-state index contributed by atoms with van der Waals surface area (Å²) in [6.07, 6.45) is -4.52. The van der Waals surface area contributed by atoms with Crippen LogP contribution in [0.3, 0.4) is 0 Å². The van der Waals surface area contributed by atoms with Crippen molar-refractivity contribution in [2.45, 2.75) is 45.1 Å². The van der Waals surface area contributed by atoms with Crippen molar-refractivity contribution in [1.29, 1.82) is 0 Å². The fourth-order valence-corrected chi connectivity index (χ4v) is 3.04. The molecular weight excluding hydrogens is 337 g/mol. The second-order valence-corrected chi connectivity index (χ2v) is 6.51. The van der Waals surface area contributed by atoms with E-state index in [1.807, 2.05) is 0 Å². The summed E-state index contributed by atoms with van der Waals surface area (Å²) in [5, 5.41) is 12.5. The molecule has 0 aliphatic carbocycles. The van der Waals surface area contributed by atoms with Crippen LogP contribution < -0.4 is 10.1 Å². The van der Waals surface area contributed by atoms with Crippen LogP contribution in [0.4, 0.5) is 13.2 Å². The van der Waals surface area contributed by atoms with E-state index >= 15 is 0 Å². The number of nitrogens with zero attached hydrogens (tertiary/aromatic N) is 1. The number of halogens is 3. The maximum atomic E-state index is 12.3. The minimum absolute atomic E-state index is 0.121. The van der Waals surface area contributed by atoms with E-state index in [1.54, 1.807) is 37.9 Å². The van der Waals surface area contributed by atoms with Crippen molar-refractivity contribution < 1.29 is 27.8 Å². The number of carbonyl (C=O) groups excluding carboxylic acids is 1. The van der Waals surface area contributed by atoms with Gasteiger partial charge in [-0.05, 0) is 37.0 Å². The summed E-state index contributed by atoms with van der Waals surface area (Å²) in [6.45, 7) is 2.75. The second-order valence-electron chi connectivity index (χ2n) is 6.51. The molecule has 2 rings (SSSR count). The minimum atomic E-state index is -4.39. The average Bonchev–Trinajstić information content (AvgIpc) is 2.90. The number of alkyl halides is 3. The molecule has 1 aliphatic heterocycles. The smallest absolute Gasteiger partial charge is 0.422 e. The van der Waals surface area contributed by atoms with Crippen molar-refractivity contribution in [3.63, 3.8) is 0 Å². The van der Waals surface area contributed by atoms with E-state index in [1.165, 1.54) is 0 Å². The molecule has 0 aromatic heterocycles. The number of benzene rings is 1. The SMILES string of the molecule is Cc1cc(CN(C)C(=O)[C@H]2C[C@@H](O)CN2)cc(C)c1OCC(F)(F)F. The molecule has 1 fully saturated rings. The fourth-order valence-electron chi connectivity index (χ4n) is 3.04. The van der Waals surface area contributed by atoms with Gasteiger partial charge in [0.2, 0.25) is 5.91 Å². The first kappa shape index (κ1) is 19.5. The quantitative estimate of drug-likeness (QED) is 0.842. The Kier molecular flexibility index (Phi) is 5.95. The van der Waals surface area contributed by atoms with Gasteiger partial charge in [0.25, 0.3) is 0 Å². The number of hydrogen-bond acceptors (Lipinski definition) is 4. The van der Waals surface area contributed by atoms with Crippen molar-refractivity contribution in [2.75, 3.05) is 20.2 Å². The Labute approximate surface area is 144 Å². The van der Waals surface area contributed by atoms with E-state index in [0.717, 1.165) is 5.56 Å². The van der Waals surface area contributed by atoms with Gasteiger partial charge in [0.05, 0.1) is 12.1 Å². The Morgan fingerprint density at radius 2 is 1.96 bits per heavy atom. The monoisotopic (exact) mass is 360 g/mol. The van der Waals surface area contributed by atoms with Crippen molar-refractivity contribution in [1.82, 2.24) is 10.2 Å². The van der Waals surface area contributed by atoms with E-state index < -0.39 is 24.9 Å². The zero-order valence-corrected chi connectivity index (χ0v) is 14.5. The molecule has 8 heteroatoms. The van der Waals surface area contributed by atoms with Crippen LogP contribution in [0.1, 0.15) is 23.1 Å². The third kappa shape index (κ3) is 5.34. The van der Waals surface area contributed by atoms with Crippen molar-refractivity contribution in [3.8, 4) is 5.75 Å². The molecule has 2 N–H and O–H groups in total. The molecule has 0 bridgehead atoms. The lowest BCUT2D eigenvalue weighted by Gasteiger charge is -2.22. The van der Waals surface area contributed by atoms with Crippen LogP contribution in [-0.2, 0) is 11.3 Å². The first-order valence-corrected chi connectivity index (χ1v) is 8.03. The lowest BCUT2D eigenvalue weighted by atomic mass is 10.0. The molecule has 1 heterocycles. The Morgan fingerprint density at radius 3 is 2.44 bits per heavy atom. The van der Waals surface area contributed by atoms with Crippen molar-refractivity contribution in [2.24, 2.45) is 0 Å². The van der Waals surface area contributed by atoms with Crippen molar-refractivity contribution in [3.05, 3.63) is 28.8 Å². The average molecular weight is 360 g/mol. The van der Waals surface area contributed by atoms with E-state index in [2.05, 4.69) is 5.32 Å². The van der Waals surface area contributed by atoms with Gasteiger partial charge < -0.3 is 20.1 Å². The van der Waals surface area contributed by atoms with Crippen molar-refractivity contribution >= 4 is 5.91 Å². The third-order valence-corrected chi connectivity index (χ3v) is 4.10. The molecule has 1 aliphatic rings. The number of carbonyl (C=O) groups is 1. The standard InChI is InChI=1S/C17H23F3N2O3/c1-10-4-12(5-11(2)15(10)25-9-17(18,19)20)8-22(3)16(24)14-6-13(23)7-21-14/h4-5,13-14,21,23H,6-9H2,1-3H3/t13-,14-/m1/s1. The number of nitrogens with one attached hydrogen (secondary N) is 1. The van der Waals surface area contributed by atoms with Gasteiger partial charge in [0.1, 0.15) is 5.75 Å². The van der Waals surface area contributed by atoms with Gasteiger partial charge in [-0.2, -0.15) is 13.2 Å². The van der Waals surface area contributed by atoms with E-state index in [0.29, 0.717) is 30.6 Å². The van der Waals surface area contributed by atoms with Crippen LogP contribution in [0.15, 0.2) is 12.1 Å². The lowest BCUT2D eigenvalue weighted by molar-refractivity contribution is -0.153. The van der Waals surface area contributed by atoms with Gasteiger partial charge >= 0.3 is 6.18 Å². The predicted octanol–water partition coefficient (Wildman–Crippen LogP) is 1.93. The molecule has 2 atom stereocenters. The molecule has 5 nitrogen and oxygen atoms in total. The van der Waals surface area contributed by atoms with Crippen LogP contribution in [0.25, 0.3) is 0 Å². The van der Waals surface area contributed by atoms with Crippen LogP contribution in [0.5, 0.6) is 5.75 Å². The highest BCUT2D eigenvalue weighted by Gasteiger charge is 2.30. The summed E-state index contributed by atoms with van der Waals surface area (Å²) in [4.78, 5) is 13.9. The summed E-state index contributed by atoms with van der Waals surface area (Å²) >= 11 is 0. The number of aliphatic hydroxyl groups is 1.